The number of aromatic nitrogens is 2. The monoisotopic (exact) mass is 345 g/mol. The largest absolute Gasteiger partial charge is 0.378 e. The Morgan fingerprint density at radius 3 is 2.70 bits per heavy atom. The number of benzene rings is 1. The van der Waals surface area contributed by atoms with Gasteiger partial charge in [-0.05, 0) is 18.2 Å². The van der Waals surface area contributed by atoms with Crippen LogP contribution in [0.25, 0.3) is 11.3 Å². The molecule has 1 unspecified atom stereocenters. The molecule has 0 aliphatic carbocycles. The highest BCUT2D eigenvalue weighted by molar-refractivity contribution is 7.14. The Morgan fingerprint density at radius 1 is 1.22 bits per heavy atom. The molecule has 0 fully saturated rings. The quantitative estimate of drug-likeness (QED) is 0.758. The van der Waals surface area contributed by atoms with E-state index < -0.39 is 12.0 Å². The Balaban J connectivity index is 1.74. The normalized spacial score (nSPS) is 11.9. The Bertz CT molecular complexity index is 823. The molecule has 0 spiro atoms. The number of halogens is 1. The molecule has 116 valence electrons. The highest BCUT2D eigenvalue weighted by Crippen LogP contribution is 2.27. The summed E-state index contributed by atoms with van der Waals surface area (Å²) < 4.78 is 0. The van der Waals surface area contributed by atoms with Crippen LogP contribution in [-0.4, -0.2) is 21.0 Å². The summed E-state index contributed by atoms with van der Waals surface area (Å²) in [6, 6.07) is 10.3. The van der Waals surface area contributed by atoms with Crippen LogP contribution in [0.15, 0.2) is 54.2 Å². The number of carbonyl (C=O) groups excluding carboxylic acids is 1. The molecular formula is C16H12ClN3O2S. The van der Waals surface area contributed by atoms with Crippen molar-refractivity contribution < 1.29 is 9.90 Å². The lowest BCUT2D eigenvalue weighted by Crippen LogP contribution is -2.21. The Morgan fingerprint density at radius 2 is 1.96 bits per heavy atom. The maximum absolute atomic E-state index is 12.1. The molecule has 23 heavy (non-hydrogen) atoms. The van der Waals surface area contributed by atoms with Gasteiger partial charge in [0, 0.05) is 33.9 Å². The van der Waals surface area contributed by atoms with Crippen molar-refractivity contribution in [1.82, 2.24) is 9.97 Å². The van der Waals surface area contributed by atoms with Crippen LogP contribution < -0.4 is 5.32 Å². The first kappa shape index (κ1) is 15.6. The van der Waals surface area contributed by atoms with Gasteiger partial charge in [0.25, 0.3) is 5.91 Å². The van der Waals surface area contributed by atoms with Crippen LogP contribution >= 0.6 is 22.9 Å². The van der Waals surface area contributed by atoms with Crippen molar-refractivity contribution in [3.63, 3.8) is 0 Å². The molecule has 0 saturated carbocycles. The van der Waals surface area contributed by atoms with Gasteiger partial charge < -0.3 is 5.11 Å². The van der Waals surface area contributed by atoms with Gasteiger partial charge in [0.2, 0.25) is 0 Å². The molecule has 0 bridgehead atoms. The SMILES string of the molecule is O=C(Nc1nc(-c2ccncc2)cs1)C(O)c1ccccc1Cl. The van der Waals surface area contributed by atoms with Gasteiger partial charge in [-0.1, -0.05) is 29.8 Å². The van der Waals surface area contributed by atoms with Crippen molar-refractivity contribution in [2.24, 2.45) is 0 Å². The van der Waals surface area contributed by atoms with E-state index in [0.717, 1.165) is 11.3 Å². The van der Waals surface area contributed by atoms with Gasteiger partial charge in [0.05, 0.1) is 5.69 Å². The first-order valence-electron chi connectivity index (χ1n) is 6.74. The molecule has 1 atom stereocenters. The Hall–Kier alpha value is -2.28. The van der Waals surface area contributed by atoms with E-state index in [9.17, 15) is 9.90 Å². The van der Waals surface area contributed by atoms with Crippen LogP contribution in [0.3, 0.4) is 0 Å². The van der Waals surface area contributed by atoms with E-state index in [1.807, 2.05) is 17.5 Å². The first-order valence-corrected chi connectivity index (χ1v) is 8.00. The van der Waals surface area contributed by atoms with Gasteiger partial charge in [-0.3, -0.25) is 15.1 Å². The molecule has 3 rings (SSSR count). The van der Waals surface area contributed by atoms with Crippen LogP contribution in [0.5, 0.6) is 0 Å². The Kier molecular flexibility index (Phi) is 4.66. The zero-order chi connectivity index (χ0) is 16.2. The first-order chi connectivity index (χ1) is 11.1. The van der Waals surface area contributed by atoms with E-state index in [1.165, 1.54) is 11.3 Å². The maximum Gasteiger partial charge on any atom is 0.259 e. The predicted octanol–water partition coefficient (Wildman–Crippen LogP) is 3.53. The number of hydrogen-bond donors (Lipinski definition) is 2. The topological polar surface area (TPSA) is 75.1 Å². The lowest BCUT2D eigenvalue weighted by Gasteiger charge is -2.11. The van der Waals surface area contributed by atoms with Crippen LogP contribution in [0.4, 0.5) is 5.13 Å². The summed E-state index contributed by atoms with van der Waals surface area (Å²) >= 11 is 7.27. The number of anilines is 1. The molecule has 0 aliphatic heterocycles. The van der Waals surface area contributed by atoms with Gasteiger partial charge in [0.1, 0.15) is 0 Å². The number of rotatable bonds is 4. The van der Waals surface area contributed by atoms with Gasteiger partial charge in [-0.2, -0.15) is 0 Å². The fraction of sp³-hybridized carbons (Fsp3) is 0.0625. The molecule has 2 heterocycles. The third-order valence-corrected chi connectivity index (χ3v) is 4.26. The lowest BCUT2D eigenvalue weighted by atomic mass is 10.1. The summed E-state index contributed by atoms with van der Waals surface area (Å²) in [6.07, 6.45) is 2.00. The van der Waals surface area contributed by atoms with Crippen molar-refractivity contribution in [1.29, 1.82) is 0 Å². The highest BCUT2D eigenvalue weighted by atomic mass is 35.5. The molecule has 5 nitrogen and oxygen atoms in total. The summed E-state index contributed by atoms with van der Waals surface area (Å²) in [5.74, 6) is -0.575. The average Bonchev–Trinajstić information content (AvgIpc) is 3.04. The number of aliphatic hydroxyl groups excluding tert-OH is 1. The standard InChI is InChI=1S/C16H12ClN3O2S/c17-12-4-2-1-3-11(12)14(21)15(22)20-16-19-13(9-23-16)10-5-7-18-8-6-10/h1-9,14,21H,(H,19,20,22). The number of nitrogens with one attached hydrogen (secondary N) is 1. The molecule has 1 amide bonds. The number of amides is 1. The number of nitrogens with zero attached hydrogens (tertiary/aromatic N) is 2. The number of carbonyl (C=O) groups is 1. The zero-order valence-electron chi connectivity index (χ0n) is 11.8. The van der Waals surface area contributed by atoms with Crippen molar-refractivity contribution in [3.8, 4) is 11.3 Å². The van der Waals surface area contributed by atoms with Crippen LogP contribution in [0, 0.1) is 0 Å². The van der Waals surface area contributed by atoms with Gasteiger partial charge >= 0.3 is 0 Å². The van der Waals surface area contributed by atoms with Crippen LogP contribution in [0.1, 0.15) is 11.7 Å². The second-order valence-corrected chi connectivity index (χ2v) is 5.95. The predicted molar refractivity (Wildman–Crippen MR) is 90.4 cm³/mol. The fourth-order valence-corrected chi connectivity index (χ4v) is 2.96. The molecule has 2 N–H and O–H groups in total. The van der Waals surface area contributed by atoms with E-state index in [0.29, 0.717) is 15.7 Å². The summed E-state index contributed by atoms with van der Waals surface area (Å²) in [7, 11) is 0. The minimum absolute atomic E-state index is 0.340. The number of aliphatic hydroxyl groups is 1. The van der Waals surface area contributed by atoms with Gasteiger partial charge in [-0.25, -0.2) is 4.98 Å². The number of pyridine rings is 1. The van der Waals surface area contributed by atoms with Crippen molar-refractivity contribution in [2.45, 2.75) is 6.10 Å². The average molecular weight is 346 g/mol. The minimum atomic E-state index is -1.35. The summed E-state index contributed by atoms with van der Waals surface area (Å²) in [4.78, 5) is 20.4. The van der Waals surface area contributed by atoms with E-state index in [-0.39, 0.29) is 0 Å². The van der Waals surface area contributed by atoms with Crippen LogP contribution in [-0.2, 0) is 4.79 Å². The lowest BCUT2D eigenvalue weighted by molar-refractivity contribution is -0.124. The molecule has 7 heteroatoms. The van der Waals surface area contributed by atoms with E-state index >= 15 is 0 Å². The summed E-state index contributed by atoms with van der Waals surface area (Å²) in [5.41, 5.74) is 2.00. The van der Waals surface area contributed by atoms with E-state index in [2.05, 4.69) is 15.3 Å². The van der Waals surface area contributed by atoms with Crippen molar-refractivity contribution >= 4 is 34.0 Å². The van der Waals surface area contributed by atoms with Gasteiger partial charge in [-0.15, -0.1) is 11.3 Å². The molecule has 2 aromatic heterocycles. The zero-order valence-corrected chi connectivity index (χ0v) is 13.4. The Labute approximate surface area is 141 Å². The number of hydrogen-bond acceptors (Lipinski definition) is 5. The molecule has 0 radical (unpaired) electrons. The maximum atomic E-state index is 12.1. The van der Waals surface area contributed by atoms with E-state index in [1.54, 1.807) is 36.7 Å². The van der Waals surface area contributed by atoms with Crippen molar-refractivity contribution in [3.05, 3.63) is 64.8 Å². The fourth-order valence-electron chi connectivity index (χ4n) is 2.00. The molecular weight excluding hydrogens is 334 g/mol. The number of thiazole rings is 1. The highest BCUT2D eigenvalue weighted by Gasteiger charge is 2.20. The summed E-state index contributed by atoms with van der Waals surface area (Å²) in [5, 5.41) is 15.3. The van der Waals surface area contributed by atoms with Gasteiger partial charge in [0.15, 0.2) is 11.2 Å². The molecule has 1 aromatic carbocycles. The molecule has 3 aromatic rings. The third kappa shape index (κ3) is 3.56. The molecule has 0 aliphatic rings. The smallest absolute Gasteiger partial charge is 0.259 e. The summed E-state index contributed by atoms with van der Waals surface area (Å²) in [6.45, 7) is 0. The van der Waals surface area contributed by atoms with E-state index in [4.69, 9.17) is 11.6 Å². The second kappa shape index (κ2) is 6.87. The van der Waals surface area contributed by atoms with Crippen LogP contribution in [0.2, 0.25) is 5.02 Å². The molecule has 0 saturated heterocycles. The third-order valence-electron chi connectivity index (χ3n) is 3.16. The second-order valence-electron chi connectivity index (χ2n) is 4.69. The van der Waals surface area contributed by atoms with Crippen molar-refractivity contribution in [2.75, 3.05) is 5.32 Å². The minimum Gasteiger partial charge on any atom is -0.378 e.